The van der Waals surface area contributed by atoms with Crippen LogP contribution in [0.25, 0.3) is 0 Å². The Bertz CT molecular complexity index is 1720. The molecule has 17 heteroatoms. The summed E-state index contributed by atoms with van der Waals surface area (Å²) in [6.45, 7) is 1.03. The molecule has 0 saturated carbocycles. The van der Waals surface area contributed by atoms with Gasteiger partial charge in [0, 0.05) is 6.04 Å². The summed E-state index contributed by atoms with van der Waals surface area (Å²) in [6, 6.07) is 6.32. The number of rotatable bonds is 7. The van der Waals surface area contributed by atoms with Gasteiger partial charge in [0.1, 0.15) is 10.7 Å². The zero-order valence-corrected chi connectivity index (χ0v) is 21.7. The van der Waals surface area contributed by atoms with Crippen LogP contribution in [0.4, 0.5) is 30.7 Å². The van der Waals surface area contributed by atoms with Crippen molar-refractivity contribution in [2.75, 3.05) is 0 Å². The number of hydrogen-bond acceptors (Lipinski definition) is 6. The fraction of sp³-hybridized carbons (Fsp3) is 0.182. The summed E-state index contributed by atoms with van der Waals surface area (Å²) in [5, 5.41) is 0. The van der Waals surface area contributed by atoms with Crippen LogP contribution in [0.3, 0.4) is 0 Å². The number of sulfone groups is 2. The summed E-state index contributed by atoms with van der Waals surface area (Å²) in [6.07, 6.45) is -5.09. The predicted molar refractivity (Wildman–Crippen MR) is 122 cm³/mol. The minimum Gasteiger partial charge on any atom is -0.218 e. The Morgan fingerprint density at radius 1 is 0.692 bits per heavy atom. The monoisotopic (exact) mass is 619 g/mol. The number of alkyl halides is 6. The van der Waals surface area contributed by atoms with Gasteiger partial charge in [0.25, 0.3) is 0 Å². The van der Waals surface area contributed by atoms with Crippen molar-refractivity contribution in [3.63, 3.8) is 0 Å². The van der Waals surface area contributed by atoms with Gasteiger partial charge in [-0.25, -0.2) is 34.4 Å². The average Bonchev–Trinajstić information content (AvgIpc) is 2.82. The highest BCUT2D eigenvalue weighted by Crippen LogP contribution is 2.37. The molecule has 3 aromatic rings. The van der Waals surface area contributed by atoms with E-state index in [2.05, 4.69) is 0 Å². The molecular weight excluding hydrogens is 603 g/mol. The van der Waals surface area contributed by atoms with Gasteiger partial charge in [0.15, 0.2) is 0 Å². The molecule has 0 bridgehead atoms. The molecule has 0 aliphatic heterocycles. The van der Waals surface area contributed by atoms with Crippen LogP contribution < -0.4 is 4.72 Å². The maximum Gasteiger partial charge on any atom is 0.511 e. The second-order valence-corrected chi connectivity index (χ2v) is 13.5. The molecule has 1 N–H and O–H groups in total. The van der Waals surface area contributed by atoms with Crippen LogP contribution in [0.2, 0.25) is 0 Å². The molecule has 0 radical (unpaired) electrons. The lowest BCUT2D eigenvalue weighted by Gasteiger charge is -2.17. The normalized spacial score (nSPS) is 14.3. The van der Waals surface area contributed by atoms with Crippen molar-refractivity contribution in [1.29, 1.82) is 0 Å². The Hall–Kier alpha value is -3.02. The maximum atomic E-state index is 14.3. The quantitative estimate of drug-likeness (QED) is 0.372. The van der Waals surface area contributed by atoms with Gasteiger partial charge in [-0.1, -0.05) is 24.3 Å². The van der Waals surface area contributed by atoms with Crippen LogP contribution in [0.1, 0.15) is 24.1 Å². The summed E-state index contributed by atoms with van der Waals surface area (Å²) < 4.78 is 169. The molecule has 39 heavy (non-hydrogen) atoms. The smallest absolute Gasteiger partial charge is 0.218 e. The van der Waals surface area contributed by atoms with Gasteiger partial charge in [-0.2, -0.15) is 26.3 Å². The molecule has 3 aromatic carbocycles. The van der Waals surface area contributed by atoms with Crippen molar-refractivity contribution in [1.82, 2.24) is 4.72 Å². The first kappa shape index (κ1) is 30.5. The van der Waals surface area contributed by atoms with Crippen LogP contribution in [-0.2, 0) is 35.9 Å². The SMILES string of the molecule is C[C@H](NS(=O)(=O)C(F)(F)F)c1ccc(S(=O)(=O)c2ccc(C(F)(F)F)cc2S(=O)(=O)c2ccccc2F)cc1. The van der Waals surface area contributed by atoms with E-state index in [1.807, 2.05) is 0 Å². The number of nitrogens with one attached hydrogen (secondary N) is 1. The molecule has 212 valence electrons. The molecule has 0 aromatic heterocycles. The molecule has 3 rings (SSSR count). The summed E-state index contributed by atoms with van der Waals surface area (Å²) in [4.78, 5) is -4.26. The van der Waals surface area contributed by atoms with E-state index in [1.54, 1.807) is 0 Å². The summed E-state index contributed by atoms with van der Waals surface area (Å²) in [5.41, 5.74) is -7.28. The lowest BCUT2D eigenvalue weighted by Crippen LogP contribution is -2.37. The fourth-order valence-corrected chi connectivity index (χ4v) is 7.47. The summed E-state index contributed by atoms with van der Waals surface area (Å²) >= 11 is 0. The van der Waals surface area contributed by atoms with Crippen LogP contribution in [-0.4, -0.2) is 30.8 Å². The molecule has 7 nitrogen and oxygen atoms in total. The van der Waals surface area contributed by atoms with Gasteiger partial charge in [-0.15, -0.1) is 0 Å². The van der Waals surface area contributed by atoms with Gasteiger partial charge in [0.05, 0.1) is 20.2 Å². The predicted octanol–water partition coefficient (Wildman–Crippen LogP) is 5.01. The molecule has 0 aliphatic carbocycles. The van der Waals surface area contributed by atoms with Gasteiger partial charge in [-0.3, -0.25) is 0 Å². The minimum absolute atomic E-state index is 0.0526. The van der Waals surface area contributed by atoms with Crippen LogP contribution in [0.15, 0.2) is 86.3 Å². The topological polar surface area (TPSA) is 114 Å². The zero-order valence-electron chi connectivity index (χ0n) is 19.2. The van der Waals surface area contributed by atoms with Crippen molar-refractivity contribution in [2.24, 2.45) is 0 Å². The number of benzene rings is 3. The highest BCUT2D eigenvalue weighted by atomic mass is 32.2. The van der Waals surface area contributed by atoms with E-state index in [0.717, 1.165) is 49.4 Å². The van der Waals surface area contributed by atoms with Crippen molar-refractivity contribution in [3.8, 4) is 0 Å². The van der Waals surface area contributed by atoms with E-state index in [1.165, 1.54) is 4.72 Å². The zero-order chi connectivity index (χ0) is 29.6. The fourth-order valence-electron chi connectivity index (χ4n) is 3.33. The van der Waals surface area contributed by atoms with E-state index in [0.29, 0.717) is 18.2 Å². The number of hydrogen-bond donors (Lipinski definition) is 1. The summed E-state index contributed by atoms with van der Waals surface area (Å²) in [5.74, 6) is -1.35. The largest absolute Gasteiger partial charge is 0.511 e. The lowest BCUT2D eigenvalue weighted by atomic mass is 10.1. The van der Waals surface area contributed by atoms with Crippen LogP contribution in [0, 0.1) is 5.82 Å². The number of halogens is 7. The Morgan fingerprint density at radius 3 is 1.77 bits per heavy atom. The molecule has 0 fully saturated rings. The van der Waals surface area contributed by atoms with Gasteiger partial charge < -0.3 is 0 Å². The van der Waals surface area contributed by atoms with Crippen molar-refractivity contribution in [2.45, 2.75) is 44.2 Å². The first-order chi connectivity index (χ1) is 17.7. The first-order valence-corrected chi connectivity index (χ1v) is 14.8. The van der Waals surface area contributed by atoms with Crippen molar-refractivity contribution >= 4 is 29.7 Å². The van der Waals surface area contributed by atoms with Gasteiger partial charge in [-0.05, 0) is 55.0 Å². The number of sulfonamides is 1. The maximum absolute atomic E-state index is 14.3. The molecule has 0 aliphatic rings. The van der Waals surface area contributed by atoms with E-state index in [9.17, 15) is 56.0 Å². The molecule has 0 heterocycles. The van der Waals surface area contributed by atoms with Crippen molar-refractivity contribution < 1.29 is 56.0 Å². The lowest BCUT2D eigenvalue weighted by molar-refractivity contribution is -0.137. The molecular formula is C22H16F7NO6S3. The first-order valence-electron chi connectivity index (χ1n) is 10.3. The second kappa shape index (κ2) is 10.2. The molecule has 1 atom stereocenters. The Morgan fingerprint density at radius 2 is 1.26 bits per heavy atom. The van der Waals surface area contributed by atoms with E-state index in [4.69, 9.17) is 0 Å². The Kier molecular flexibility index (Phi) is 7.97. The van der Waals surface area contributed by atoms with Crippen LogP contribution >= 0.6 is 0 Å². The molecule has 0 amide bonds. The third kappa shape index (κ3) is 6.10. The molecule has 0 saturated heterocycles. The second-order valence-electron chi connectivity index (χ2n) is 7.95. The Labute approximate surface area is 218 Å². The van der Waals surface area contributed by atoms with E-state index >= 15 is 0 Å². The van der Waals surface area contributed by atoms with E-state index in [-0.39, 0.29) is 11.6 Å². The highest BCUT2D eigenvalue weighted by molar-refractivity contribution is 7.94. The molecule has 0 spiro atoms. The molecule has 0 unspecified atom stereocenters. The third-order valence-corrected chi connectivity index (χ3v) is 10.4. The van der Waals surface area contributed by atoms with E-state index < -0.39 is 78.4 Å². The standard InChI is InChI=1S/C22H16F7NO6S3/c1-13(30-39(35,36)22(27,28)29)14-6-9-16(10-7-14)37(31,32)19-11-8-15(21(24,25)26)12-20(19)38(33,34)18-5-3-2-4-17(18)23/h2-13,30H,1H3/t13-/m0/s1. The third-order valence-electron chi connectivity index (χ3n) is 5.30. The van der Waals surface area contributed by atoms with Gasteiger partial charge >= 0.3 is 21.7 Å². The average molecular weight is 620 g/mol. The Balaban J connectivity index is 2.13. The highest BCUT2D eigenvalue weighted by Gasteiger charge is 2.46. The van der Waals surface area contributed by atoms with Crippen LogP contribution in [0.5, 0.6) is 0 Å². The summed E-state index contributed by atoms with van der Waals surface area (Å²) in [7, 11) is -15.8. The van der Waals surface area contributed by atoms with Gasteiger partial charge in [0.2, 0.25) is 19.7 Å². The van der Waals surface area contributed by atoms with Crippen molar-refractivity contribution in [3.05, 3.63) is 83.7 Å². The minimum atomic E-state index is -5.75.